The van der Waals surface area contributed by atoms with Crippen molar-refractivity contribution in [2.75, 3.05) is 18.6 Å². The molecule has 1 saturated heterocycles. The molecule has 1 aliphatic rings. The number of nitrogens with two attached hydrogens (primary N) is 1. The van der Waals surface area contributed by atoms with E-state index in [0.717, 1.165) is 0 Å². The highest BCUT2D eigenvalue weighted by atomic mass is 32.2. The van der Waals surface area contributed by atoms with Gasteiger partial charge in [0.25, 0.3) is 0 Å². The zero-order chi connectivity index (χ0) is 12.6. The van der Waals surface area contributed by atoms with Gasteiger partial charge in [0, 0.05) is 0 Å². The molecule has 0 saturated carbocycles. The lowest BCUT2D eigenvalue weighted by atomic mass is 9.73. The second-order valence-corrected chi connectivity index (χ2v) is 7.15. The Hall–Kier alpha value is -0.620. The van der Waals surface area contributed by atoms with Crippen molar-refractivity contribution in [1.29, 1.82) is 0 Å². The minimum Gasteiger partial charge on any atom is -0.468 e. The Morgan fingerprint density at radius 1 is 1.50 bits per heavy atom. The molecule has 0 aromatic carbocycles. The lowest BCUT2D eigenvalue weighted by Crippen LogP contribution is -2.49. The molecule has 0 aliphatic carbocycles. The molecule has 1 heterocycles. The molecule has 5 nitrogen and oxygen atoms in total. The summed E-state index contributed by atoms with van der Waals surface area (Å²) in [6.07, 6.45) is 0.569. The summed E-state index contributed by atoms with van der Waals surface area (Å²) in [5, 5.41) is 0. The Labute approximate surface area is 96.3 Å². The Balaban J connectivity index is 2.82. The van der Waals surface area contributed by atoms with Gasteiger partial charge in [0.05, 0.1) is 18.6 Å². The van der Waals surface area contributed by atoms with Gasteiger partial charge in [-0.2, -0.15) is 0 Å². The zero-order valence-corrected chi connectivity index (χ0v) is 10.7. The van der Waals surface area contributed by atoms with Crippen LogP contribution in [0.1, 0.15) is 20.3 Å². The van der Waals surface area contributed by atoms with Gasteiger partial charge in [-0.25, -0.2) is 8.42 Å². The van der Waals surface area contributed by atoms with Gasteiger partial charge in [-0.15, -0.1) is 0 Å². The van der Waals surface area contributed by atoms with E-state index in [1.807, 2.05) is 13.8 Å². The van der Waals surface area contributed by atoms with Crippen LogP contribution in [0.5, 0.6) is 0 Å². The number of ether oxygens (including phenoxy) is 1. The van der Waals surface area contributed by atoms with Gasteiger partial charge in [-0.1, -0.05) is 13.8 Å². The summed E-state index contributed by atoms with van der Waals surface area (Å²) in [5.74, 6) is -0.263. The number of carbonyl (C=O) groups excluding carboxylic acids is 1. The summed E-state index contributed by atoms with van der Waals surface area (Å²) >= 11 is 0. The van der Waals surface area contributed by atoms with Gasteiger partial charge in [-0.3, -0.25) is 4.79 Å². The fraction of sp³-hybridized carbons (Fsp3) is 0.900. The van der Waals surface area contributed by atoms with Gasteiger partial charge >= 0.3 is 5.97 Å². The van der Waals surface area contributed by atoms with Crippen molar-refractivity contribution in [3.05, 3.63) is 0 Å². The lowest BCUT2D eigenvalue weighted by molar-refractivity contribution is -0.145. The molecule has 2 unspecified atom stereocenters. The average Bonchev–Trinajstić information content (AvgIpc) is 2.57. The van der Waals surface area contributed by atoms with E-state index in [1.165, 1.54) is 7.11 Å². The first-order chi connectivity index (χ1) is 7.20. The second kappa shape index (κ2) is 4.33. The van der Waals surface area contributed by atoms with Crippen LogP contribution in [0.3, 0.4) is 0 Å². The summed E-state index contributed by atoms with van der Waals surface area (Å²) in [6.45, 7) is 3.64. The van der Waals surface area contributed by atoms with Gasteiger partial charge in [0.1, 0.15) is 6.04 Å². The van der Waals surface area contributed by atoms with E-state index in [0.29, 0.717) is 6.42 Å². The third-order valence-electron chi connectivity index (χ3n) is 3.54. The first kappa shape index (κ1) is 13.4. The number of rotatable bonds is 3. The maximum atomic E-state index is 11.4. The van der Waals surface area contributed by atoms with Crippen LogP contribution in [0.4, 0.5) is 0 Å². The van der Waals surface area contributed by atoms with Crippen molar-refractivity contribution in [3.63, 3.8) is 0 Å². The van der Waals surface area contributed by atoms with Crippen LogP contribution in [0.25, 0.3) is 0 Å². The predicted molar refractivity (Wildman–Crippen MR) is 60.5 cm³/mol. The smallest absolute Gasteiger partial charge is 0.323 e. The topological polar surface area (TPSA) is 86.5 Å². The Kier molecular flexibility index (Phi) is 3.64. The molecular weight excluding hydrogens is 230 g/mol. The number of methoxy groups -OCH3 is 1. The fourth-order valence-corrected chi connectivity index (χ4v) is 4.09. The van der Waals surface area contributed by atoms with Gasteiger partial charge in [0.2, 0.25) is 0 Å². The maximum Gasteiger partial charge on any atom is 0.323 e. The standard InChI is InChI=1S/C10H19NO4S/c1-10(2,8(11)9(12)15-3)7-4-5-16(13,14)6-7/h7-8H,4-6,11H2,1-3H3. The van der Waals surface area contributed by atoms with Gasteiger partial charge < -0.3 is 10.5 Å². The van der Waals surface area contributed by atoms with Crippen LogP contribution in [-0.4, -0.2) is 39.0 Å². The molecule has 16 heavy (non-hydrogen) atoms. The number of hydrogen-bond acceptors (Lipinski definition) is 5. The van der Waals surface area contributed by atoms with E-state index >= 15 is 0 Å². The molecule has 94 valence electrons. The van der Waals surface area contributed by atoms with E-state index < -0.39 is 27.3 Å². The largest absolute Gasteiger partial charge is 0.468 e. The molecule has 0 bridgehead atoms. The Morgan fingerprint density at radius 2 is 2.06 bits per heavy atom. The van der Waals surface area contributed by atoms with Crippen LogP contribution in [0.2, 0.25) is 0 Å². The van der Waals surface area contributed by atoms with Crippen molar-refractivity contribution in [3.8, 4) is 0 Å². The zero-order valence-electron chi connectivity index (χ0n) is 9.89. The average molecular weight is 249 g/mol. The molecule has 0 aromatic heterocycles. The summed E-state index contributed by atoms with van der Waals surface area (Å²) in [4.78, 5) is 11.4. The molecule has 2 N–H and O–H groups in total. The highest BCUT2D eigenvalue weighted by molar-refractivity contribution is 7.91. The molecule has 0 amide bonds. The third-order valence-corrected chi connectivity index (χ3v) is 5.31. The molecular formula is C10H19NO4S. The fourth-order valence-electron chi connectivity index (χ4n) is 2.07. The molecule has 1 fully saturated rings. The molecule has 1 rings (SSSR count). The molecule has 0 spiro atoms. The SMILES string of the molecule is COC(=O)C(N)C(C)(C)C1CCS(=O)(=O)C1. The van der Waals surface area contributed by atoms with Crippen molar-refractivity contribution >= 4 is 15.8 Å². The van der Waals surface area contributed by atoms with Gasteiger partial charge in [-0.05, 0) is 17.8 Å². The minimum absolute atomic E-state index is 0.0772. The van der Waals surface area contributed by atoms with E-state index in [-0.39, 0.29) is 17.4 Å². The normalized spacial score (nSPS) is 26.4. The number of carbonyl (C=O) groups is 1. The summed E-state index contributed by atoms with van der Waals surface area (Å²) in [6, 6.07) is -0.782. The van der Waals surface area contributed by atoms with Crippen molar-refractivity contribution in [2.45, 2.75) is 26.3 Å². The molecule has 0 radical (unpaired) electrons. The Bertz CT molecular complexity index is 374. The van der Waals surface area contributed by atoms with Gasteiger partial charge in [0.15, 0.2) is 9.84 Å². The van der Waals surface area contributed by atoms with E-state index in [4.69, 9.17) is 5.73 Å². The highest BCUT2D eigenvalue weighted by Crippen LogP contribution is 2.37. The second-order valence-electron chi connectivity index (χ2n) is 4.92. The summed E-state index contributed by atoms with van der Waals surface area (Å²) in [5.41, 5.74) is 5.25. The van der Waals surface area contributed by atoms with Crippen LogP contribution in [-0.2, 0) is 19.4 Å². The van der Waals surface area contributed by atoms with E-state index in [2.05, 4.69) is 4.74 Å². The minimum atomic E-state index is -2.95. The lowest BCUT2D eigenvalue weighted by Gasteiger charge is -2.34. The summed E-state index contributed by atoms with van der Waals surface area (Å²) in [7, 11) is -1.67. The van der Waals surface area contributed by atoms with Crippen LogP contribution in [0.15, 0.2) is 0 Å². The third kappa shape index (κ3) is 2.55. The molecule has 0 aromatic rings. The van der Waals surface area contributed by atoms with E-state index in [9.17, 15) is 13.2 Å². The predicted octanol–water partition coefficient (Wildman–Crippen LogP) is -0.0524. The maximum absolute atomic E-state index is 11.4. The van der Waals surface area contributed by atoms with Crippen molar-refractivity contribution in [1.82, 2.24) is 0 Å². The Morgan fingerprint density at radius 3 is 2.44 bits per heavy atom. The molecule has 2 atom stereocenters. The number of sulfone groups is 1. The van der Waals surface area contributed by atoms with Crippen molar-refractivity contribution in [2.24, 2.45) is 17.1 Å². The monoisotopic (exact) mass is 249 g/mol. The van der Waals surface area contributed by atoms with Crippen LogP contribution in [0, 0.1) is 11.3 Å². The molecule has 1 aliphatic heterocycles. The number of esters is 1. The van der Waals surface area contributed by atoms with Crippen LogP contribution < -0.4 is 5.73 Å². The van der Waals surface area contributed by atoms with E-state index in [1.54, 1.807) is 0 Å². The highest BCUT2D eigenvalue weighted by Gasteiger charge is 2.44. The quantitative estimate of drug-likeness (QED) is 0.708. The van der Waals surface area contributed by atoms with Crippen LogP contribution >= 0.6 is 0 Å². The first-order valence-electron chi connectivity index (χ1n) is 5.24. The first-order valence-corrected chi connectivity index (χ1v) is 7.06. The number of hydrogen-bond donors (Lipinski definition) is 1. The van der Waals surface area contributed by atoms with Crippen molar-refractivity contribution < 1.29 is 17.9 Å². The molecule has 6 heteroatoms. The summed E-state index contributed by atoms with van der Waals surface area (Å²) < 4.78 is 27.4.